The van der Waals surface area contributed by atoms with E-state index in [4.69, 9.17) is 0 Å². The molecule has 0 aliphatic carbocycles. The summed E-state index contributed by atoms with van der Waals surface area (Å²) in [5.74, 6) is -4.27. The van der Waals surface area contributed by atoms with Crippen LogP contribution in [0.2, 0.25) is 0 Å². The van der Waals surface area contributed by atoms with E-state index in [-0.39, 0.29) is 108 Å². The predicted molar refractivity (Wildman–Crippen MR) is 87.1 cm³/mol. The number of carboxylic acids is 3. The summed E-state index contributed by atoms with van der Waals surface area (Å²) in [6.07, 6.45) is 3.03. The van der Waals surface area contributed by atoms with Crippen molar-refractivity contribution >= 4 is 17.9 Å². The summed E-state index contributed by atoms with van der Waals surface area (Å²) in [4.78, 5) is 35.9. The van der Waals surface area contributed by atoms with Crippen LogP contribution in [0.15, 0.2) is 12.2 Å². The van der Waals surface area contributed by atoms with E-state index < -0.39 is 42.1 Å². The molecule has 0 amide bonds. The summed E-state index contributed by atoms with van der Waals surface area (Å²) >= 11 is 0. The smallest absolute Gasteiger partial charge is 0.548 e. The monoisotopic (exact) mass is 440 g/mol. The van der Waals surface area contributed by atoms with Crippen LogP contribution in [0.3, 0.4) is 0 Å². The summed E-state index contributed by atoms with van der Waals surface area (Å²) in [5.41, 5.74) is 0. The van der Waals surface area contributed by atoms with Crippen molar-refractivity contribution in [1.29, 1.82) is 0 Å². The molecule has 0 aromatic carbocycles. The van der Waals surface area contributed by atoms with Crippen molar-refractivity contribution in [2.75, 3.05) is 19.6 Å². The van der Waals surface area contributed by atoms with Crippen molar-refractivity contribution in [3.8, 4) is 0 Å². The van der Waals surface area contributed by atoms with Gasteiger partial charge in [0.05, 0.1) is 24.0 Å². The summed E-state index contributed by atoms with van der Waals surface area (Å²) in [7, 11) is 0. The Kier molecular flexibility index (Phi) is 25.4. The molecule has 4 unspecified atom stereocenters. The van der Waals surface area contributed by atoms with Crippen LogP contribution in [-0.4, -0.2) is 76.7 Å². The Morgan fingerprint density at radius 3 is 1.62 bits per heavy atom. The Hall–Kier alpha value is 1.03. The second-order valence-electron chi connectivity index (χ2n) is 6.12. The molecule has 150 valence electrons. The summed E-state index contributed by atoms with van der Waals surface area (Å²) < 4.78 is 0. The largest absolute Gasteiger partial charge is 1.00 e. The third-order valence-electron chi connectivity index (χ3n) is 4.23. The molecule has 0 saturated heterocycles. The summed E-state index contributed by atoms with van der Waals surface area (Å²) in [6.45, 7) is 5.71. The minimum absolute atomic E-state index is 0. The standard InChI is InChI=1S/C17H30N2O7.3Na/c1-5-6-7-14(20)10-18(11(2)15(21)22)8-9-19(12(3)16(23)24)13(4)17(25)26;;;/h6-7,11-14,20H,5,8-10H2,1-4H3,(H,21,22)(H,23,24)(H,25,26);;;/q;3*+1/p-3/b7-6+;;;. The molecular weight excluding hydrogens is 413 g/mol. The molecule has 9 nitrogen and oxygen atoms in total. The Labute approximate surface area is 238 Å². The van der Waals surface area contributed by atoms with Crippen LogP contribution in [0.1, 0.15) is 34.1 Å². The number of hydrogen-bond donors (Lipinski definition) is 1. The minimum atomic E-state index is -1.46. The number of carbonyl (C=O) groups is 3. The van der Waals surface area contributed by atoms with Gasteiger partial charge < -0.3 is 34.8 Å². The molecule has 0 heterocycles. The van der Waals surface area contributed by atoms with Crippen LogP contribution in [0.4, 0.5) is 0 Å². The van der Waals surface area contributed by atoms with Crippen LogP contribution in [0, 0.1) is 0 Å². The van der Waals surface area contributed by atoms with Crippen molar-refractivity contribution < 1.29 is 123 Å². The molecular formula is C17H27N2Na3O7. The van der Waals surface area contributed by atoms with Gasteiger partial charge in [0.25, 0.3) is 0 Å². The SMILES string of the molecule is CC/C=C/C(O)CN(CCN(C(C)C(=O)[O-])C(C)C(=O)[O-])C(C)C(=O)[O-].[Na+].[Na+].[Na+]. The van der Waals surface area contributed by atoms with Crippen molar-refractivity contribution in [1.82, 2.24) is 9.80 Å². The van der Waals surface area contributed by atoms with Crippen molar-refractivity contribution in [3.05, 3.63) is 12.2 Å². The number of carbonyl (C=O) groups excluding carboxylic acids is 3. The van der Waals surface area contributed by atoms with E-state index >= 15 is 0 Å². The second-order valence-corrected chi connectivity index (χ2v) is 6.12. The molecule has 0 aliphatic heterocycles. The normalized spacial score (nSPS) is 14.9. The number of carboxylic acid groups (broad SMARTS) is 3. The third kappa shape index (κ3) is 14.7. The number of rotatable bonds is 13. The minimum Gasteiger partial charge on any atom is -0.548 e. The number of hydrogen-bond acceptors (Lipinski definition) is 9. The van der Waals surface area contributed by atoms with E-state index in [9.17, 15) is 34.8 Å². The van der Waals surface area contributed by atoms with Gasteiger partial charge >= 0.3 is 88.7 Å². The van der Waals surface area contributed by atoms with E-state index in [0.717, 1.165) is 4.90 Å². The van der Waals surface area contributed by atoms with Crippen LogP contribution in [0.5, 0.6) is 0 Å². The molecule has 0 fully saturated rings. The van der Waals surface area contributed by atoms with Gasteiger partial charge in [-0.3, -0.25) is 9.80 Å². The topological polar surface area (TPSA) is 147 Å². The Balaban J connectivity index is -0.00000104. The van der Waals surface area contributed by atoms with Gasteiger partial charge in [-0.15, -0.1) is 0 Å². The average Bonchev–Trinajstić information content (AvgIpc) is 2.57. The summed E-state index contributed by atoms with van der Waals surface area (Å²) in [6, 6.07) is -3.49. The third-order valence-corrected chi connectivity index (χ3v) is 4.23. The molecule has 0 aromatic heterocycles. The number of aliphatic carboxylic acids is 3. The van der Waals surface area contributed by atoms with Gasteiger partial charge in [-0.05, 0) is 27.2 Å². The molecule has 1 N–H and O–H groups in total. The van der Waals surface area contributed by atoms with E-state index in [0.29, 0.717) is 6.42 Å². The maximum absolute atomic E-state index is 11.2. The molecule has 0 spiro atoms. The molecule has 0 saturated carbocycles. The van der Waals surface area contributed by atoms with Gasteiger partial charge in [0, 0.05) is 37.8 Å². The molecule has 4 atom stereocenters. The first-order valence-corrected chi connectivity index (χ1v) is 8.49. The molecule has 0 aromatic rings. The van der Waals surface area contributed by atoms with Gasteiger partial charge in [0.2, 0.25) is 0 Å². The predicted octanol–water partition coefficient (Wildman–Crippen LogP) is -12.7. The number of aliphatic hydroxyl groups is 1. The van der Waals surface area contributed by atoms with Crippen molar-refractivity contribution in [2.24, 2.45) is 0 Å². The molecule has 29 heavy (non-hydrogen) atoms. The first-order chi connectivity index (χ1) is 12.0. The number of nitrogens with zero attached hydrogens (tertiary/aromatic N) is 2. The zero-order chi connectivity index (χ0) is 20.4. The van der Waals surface area contributed by atoms with E-state index in [1.54, 1.807) is 6.08 Å². The first kappa shape index (κ1) is 37.4. The van der Waals surface area contributed by atoms with Crippen molar-refractivity contribution in [3.63, 3.8) is 0 Å². The first-order valence-electron chi connectivity index (χ1n) is 8.49. The van der Waals surface area contributed by atoms with Gasteiger partial charge in [0.15, 0.2) is 0 Å². The molecule has 0 bridgehead atoms. The fourth-order valence-corrected chi connectivity index (χ4v) is 2.42. The van der Waals surface area contributed by atoms with Crippen LogP contribution in [0.25, 0.3) is 0 Å². The maximum atomic E-state index is 11.2. The van der Waals surface area contributed by atoms with Gasteiger partial charge in [-0.25, -0.2) is 0 Å². The molecule has 0 aliphatic rings. The van der Waals surface area contributed by atoms with Crippen molar-refractivity contribution in [2.45, 2.75) is 58.3 Å². The molecule has 12 heteroatoms. The number of aliphatic hydroxyl groups excluding tert-OH is 1. The molecule has 0 rings (SSSR count). The second kappa shape index (κ2) is 19.7. The fraction of sp³-hybridized carbons (Fsp3) is 0.706. The van der Waals surface area contributed by atoms with Crippen LogP contribution >= 0.6 is 0 Å². The van der Waals surface area contributed by atoms with E-state index in [1.807, 2.05) is 6.92 Å². The molecule has 0 radical (unpaired) electrons. The maximum Gasteiger partial charge on any atom is 1.00 e. The Morgan fingerprint density at radius 1 is 0.862 bits per heavy atom. The van der Waals surface area contributed by atoms with Gasteiger partial charge in [0.1, 0.15) is 0 Å². The fourth-order valence-electron chi connectivity index (χ4n) is 2.42. The Bertz CT molecular complexity index is 503. The summed E-state index contributed by atoms with van der Waals surface area (Å²) in [5, 5.41) is 43.4. The van der Waals surface area contributed by atoms with Crippen LogP contribution in [-0.2, 0) is 14.4 Å². The quantitative estimate of drug-likeness (QED) is 0.218. The average molecular weight is 440 g/mol. The van der Waals surface area contributed by atoms with Gasteiger partial charge in [-0.1, -0.05) is 19.1 Å². The van der Waals surface area contributed by atoms with E-state index in [1.165, 1.54) is 31.7 Å². The number of allylic oxidation sites excluding steroid dienone is 1. The zero-order valence-corrected chi connectivity index (χ0v) is 24.6. The van der Waals surface area contributed by atoms with Gasteiger partial charge in [-0.2, -0.15) is 0 Å². The zero-order valence-electron chi connectivity index (χ0n) is 18.6. The Morgan fingerprint density at radius 2 is 1.28 bits per heavy atom. The van der Waals surface area contributed by atoms with Crippen LogP contribution < -0.4 is 104 Å². The van der Waals surface area contributed by atoms with E-state index in [2.05, 4.69) is 0 Å².